The number of rotatable bonds is 3. The molecule has 2 aliphatic heterocycles. The maximum absolute atomic E-state index is 2.76. The molecule has 0 unspecified atom stereocenters. The molecule has 0 amide bonds. The molecule has 4 aliphatic rings. The third-order valence-corrected chi connectivity index (χ3v) is 16.4. The lowest BCUT2D eigenvalue weighted by Gasteiger charge is -2.46. The number of fused-ring (bicyclic) bond motifs is 7. The molecule has 296 valence electrons. The maximum atomic E-state index is 2.76. The van der Waals surface area contributed by atoms with Crippen LogP contribution in [0.3, 0.4) is 0 Å². The first-order valence-electron chi connectivity index (χ1n) is 21.8. The lowest BCUT2D eigenvalue weighted by molar-refractivity contribution is 0.332. The first kappa shape index (κ1) is 38.7. The SMILES string of the molecule is Cc1cc2c3c(c1)N(c1cc4c(cc1C)C(C)(C)CCC4(C)C)c1sc4c(c1B3c1cc(C(C)C)ccc1N2c1ccc(C(C)(C)C)cc1)C(C)(C)CCC4(C)C. The predicted molar refractivity (Wildman–Crippen MR) is 251 cm³/mol. The molecule has 0 saturated carbocycles. The van der Waals surface area contributed by atoms with Crippen LogP contribution >= 0.6 is 11.3 Å². The van der Waals surface area contributed by atoms with Crippen LogP contribution in [0.15, 0.2) is 66.7 Å². The van der Waals surface area contributed by atoms with Gasteiger partial charge in [-0.25, -0.2) is 0 Å². The highest BCUT2D eigenvalue weighted by Gasteiger charge is 2.51. The number of benzene rings is 4. The standard InChI is InChI=1S/C53H65BN2S/c1-31(2)34-16-21-40-39(29-34)54-45-42(55(40)36-19-17-35(18-20-36)49(5,6)7)26-32(3)27-43(45)56(48-46(54)44-47(57-48)53(14,15)25-24-52(44,12)13)41-30-38-37(28-33(41)4)50(8,9)22-23-51(38,10)11/h16-21,26-31H,22-25H2,1-15H3. The van der Waals surface area contributed by atoms with Crippen LogP contribution in [-0.2, 0) is 27.1 Å². The minimum atomic E-state index is 0.0651. The highest BCUT2D eigenvalue weighted by Crippen LogP contribution is 2.56. The van der Waals surface area contributed by atoms with Crippen molar-refractivity contribution in [2.75, 3.05) is 9.80 Å². The molecule has 57 heavy (non-hydrogen) atoms. The molecular formula is C53H65BN2S. The smallest absolute Gasteiger partial charge is 0.253 e. The fraction of sp³-hybridized carbons (Fsp3) is 0.472. The second-order valence-electron chi connectivity index (χ2n) is 22.3. The summed E-state index contributed by atoms with van der Waals surface area (Å²) in [4.78, 5) is 6.97. The van der Waals surface area contributed by atoms with E-state index in [0.29, 0.717) is 5.92 Å². The van der Waals surface area contributed by atoms with E-state index in [9.17, 15) is 0 Å². The summed E-state index contributed by atoms with van der Waals surface area (Å²) in [7, 11) is 0. The van der Waals surface area contributed by atoms with Gasteiger partial charge in [-0.05, 0) is 164 Å². The molecule has 0 saturated heterocycles. The van der Waals surface area contributed by atoms with E-state index >= 15 is 0 Å². The Hall–Kier alpha value is -3.76. The fourth-order valence-corrected chi connectivity index (χ4v) is 12.6. The van der Waals surface area contributed by atoms with E-state index in [-0.39, 0.29) is 33.8 Å². The zero-order chi connectivity index (χ0) is 40.9. The Morgan fingerprint density at radius 3 is 1.81 bits per heavy atom. The van der Waals surface area contributed by atoms with Crippen LogP contribution in [0.1, 0.15) is 165 Å². The number of hydrogen-bond acceptors (Lipinski definition) is 3. The monoisotopic (exact) mass is 772 g/mol. The van der Waals surface area contributed by atoms with Gasteiger partial charge in [0.25, 0.3) is 6.71 Å². The fourth-order valence-electron chi connectivity index (χ4n) is 10.9. The van der Waals surface area contributed by atoms with Gasteiger partial charge in [0.1, 0.15) is 0 Å². The van der Waals surface area contributed by atoms with Gasteiger partial charge >= 0.3 is 0 Å². The van der Waals surface area contributed by atoms with Gasteiger partial charge in [0.05, 0.1) is 10.7 Å². The molecule has 4 aromatic carbocycles. The third-order valence-electron chi connectivity index (χ3n) is 14.8. The topological polar surface area (TPSA) is 6.48 Å². The Morgan fingerprint density at radius 2 is 1.19 bits per heavy atom. The Balaban J connectivity index is 1.42. The van der Waals surface area contributed by atoms with Crippen molar-refractivity contribution in [2.45, 2.75) is 163 Å². The zero-order valence-corrected chi connectivity index (χ0v) is 38.5. The summed E-state index contributed by atoms with van der Waals surface area (Å²) in [6.07, 6.45) is 4.83. The highest BCUT2D eigenvalue weighted by molar-refractivity contribution is 7.20. The van der Waals surface area contributed by atoms with Crippen molar-refractivity contribution in [3.8, 4) is 0 Å². The molecular weight excluding hydrogens is 707 g/mol. The van der Waals surface area contributed by atoms with E-state index < -0.39 is 0 Å². The Morgan fingerprint density at radius 1 is 0.614 bits per heavy atom. The number of hydrogen-bond donors (Lipinski definition) is 0. The minimum Gasteiger partial charge on any atom is -0.311 e. The summed E-state index contributed by atoms with van der Waals surface area (Å²) in [5.74, 6) is 0.436. The lowest BCUT2D eigenvalue weighted by atomic mass is 9.32. The molecule has 2 aliphatic carbocycles. The molecule has 4 heteroatoms. The Kier molecular flexibility index (Phi) is 8.42. The number of nitrogens with zero attached hydrogens (tertiary/aromatic N) is 2. The van der Waals surface area contributed by atoms with Gasteiger partial charge in [0, 0.05) is 27.6 Å². The molecule has 0 radical (unpaired) electrons. The van der Waals surface area contributed by atoms with Crippen molar-refractivity contribution in [1.82, 2.24) is 0 Å². The molecule has 0 spiro atoms. The molecule has 1 aromatic heterocycles. The summed E-state index contributed by atoms with van der Waals surface area (Å²) in [6.45, 7) is 36.5. The van der Waals surface area contributed by atoms with Gasteiger partial charge in [0.2, 0.25) is 0 Å². The van der Waals surface area contributed by atoms with Crippen LogP contribution in [0.4, 0.5) is 33.4 Å². The van der Waals surface area contributed by atoms with Crippen molar-refractivity contribution in [2.24, 2.45) is 0 Å². The van der Waals surface area contributed by atoms with Crippen LogP contribution < -0.4 is 26.2 Å². The van der Waals surface area contributed by atoms with E-state index in [0.717, 1.165) is 0 Å². The van der Waals surface area contributed by atoms with Gasteiger partial charge < -0.3 is 9.80 Å². The van der Waals surface area contributed by atoms with E-state index in [1.807, 2.05) is 0 Å². The number of aryl methyl sites for hydroxylation is 2. The van der Waals surface area contributed by atoms with Crippen molar-refractivity contribution >= 4 is 67.9 Å². The van der Waals surface area contributed by atoms with Crippen molar-refractivity contribution < 1.29 is 0 Å². The van der Waals surface area contributed by atoms with Gasteiger partial charge in [-0.3, -0.25) is 0 Å². The summed E-state index contributed by atoms with van der Waals surface area (Å²) in [5.41, 5.74) is 21.7. The quantitative estimate of drug-likeness (QED) is 0.165. The summed E-state index contributed by atoms with van der Waals surface area (Å²) in [6, 6.07) is 27.1. The van der Waals surface area contributed by atoms with Crippen LogP contribution in [0.2, 0.25) is 0 Å². The molecule has 9 rings (SSSR count). The predicted octanol–water partition coefficient (Wildman–Crippen LogP) is 13.6. The summed E-state index contributed by atoms with van der Waals surface area (Å²) < 4.78 is 0. The molecule has 3 heterocycles. The average Bonchev–Trinajstić information content (AvgIpc) is 3.55. The van der Waals surface area contributed by atoms with Crippen LogP contribution in [0, 0.1) is 13.8 Å². The Bertz CT molecular complexity index is 2470. The molecule has 5 aromatic rings. The van der Waals surface area contributed by atoms with E-state index in [2.05, 4.69) is 192 Å². The second-order valence-corrected chi connectivity index (χ2v) is 23.3. The minimum absolute atomic E-state index is 0.0651. The van der Waals surface area contributed by atoms with Gasteiger partial charge in [-0.2, -0.15) is 0 Å². The van der Waals surface area contributed by atoms with Crippen molar-refractivity contribution in [3.63, 3.8) is 0 Å². The van der Waals surface area contributed by atoms with Gasteiger partial charge in [-0.15, -0.1) is 11.3 Å². The van der Waals surface area contributed by atoms with Crippen LogP contribution in [0.25, 0.3) is 0 Å². The number of anilines is 6. The van der Waals surface area contributed by atoms with E-state index in [1.165, 1.54) is 103 Å². The van der Waals surface area contributed by atoms with Gasteiger partial charge in [0.15, 0.2) is 0 Å². The van der Waals surface area contributed by atoms with E-state index in [1.54, 1.807) is 15.9 Å². The highest BCUT2D eigenvalue weighted by atomic mass is 32.1. The van der Waals surface area contributed by atoms with Crippen molar-refractivity contribution in [3.05, 3.63) is 111 Å². The molecule has 2 nitrogen and oxygen atoms in total. The summed E-state index contributed by atoms with van der Waals surface area (Å²) in [5, 5.41) is 1.44. The lowest BCUT2D eigenvalue weighted by Crippen LogP contribution is -2.62. The zero-order valence-electron chi connectivity index (χ0n) is 37.6. The number of thiophene rings is 1. The van der Waals surface area contributed by atoms with Gasteiger partial charge in [-0.1, -0.05) is 120 Å². The molecule has 0 atom stereocenters. The third kappa shape index (κ3) is 5.77. The van der Waals surface area contributed by atoms with Crippen LogP contribution in [0.5, 0.6) is 0 Å². The molecule has 0 bridgehead atoms. The molecule has 0 fully saturated rings. The second kappa shape index (κ2) is 12.4. The summed E-state index contributed by atoms with van der Waals surface area (Å²) >= 11 is 2.11. The first-order chi connectivity index (χ1) is 26.5. The largest absolute Gasteiger partial charge is 0.311 e. The normalized spacial score (nSPS) is 19.5. The van der Waals surface area contributed by atoms with Crippen LogP contribution in [-0.4, -0.2) is 6.71 Å². The average molecular weight is 773 g/mol. The molecule has 0 N–H and O–H groups in total. The Labute approximate surface area is 349 Å². The van der Waals surface area contributed by atoms with E-state index in [4.69, 9.17) is 0 Å². The van der Waals surface area contributed by atoms with Crippen molar-refractivity contribution in [1.29, 1.82) is 0 Å². The maximum Gasteiger partial charge on any atom is 0.253 e. The first-order valence-corrected chi connectivity index (χ1v) is 22.7.